The molecule has 0 amide bonds. The maximum atomic E-state index is 5.02. The first kappa shape index (κ1) is 14.2. The minimum atomic E-state index is 0.699. The van der Waals surface area contributed by atoms with Crippen LogP contribution >= 0.6 is 0 Å². The first-order chi connectivity index (χ1) is 6.29. The molecule has 0 unspecified atom stereocenters. The van der Waals surface area contributed by atoms with E-state index in [1.54, 1.807) is 19.3 Å². The van der Waals surface area contributed by atoms with Gasteiger partial charge in [-0.2, -0.15) is 0 Å². The summed E-state index contributed by atoms with van der Waals surface area (Å²) >= 11 is 0. The smallest absolute Gasteiger partial charge is 0.140 e. The van der Waals surface area contributed by atoms with Gasteiger partial charge in [0.25, 0.3) is 0 Å². The Kier molecular flexibility index (Phi) is 11.7. The molecule has 0 aromatic heterocycles. The van der Waals surface area contributed by atoms with E-state index in [1.807, 2.05) is 26.8 Å². The predicted octanol–water partition coefficient (Wildman–Crippen LogP) is 3.33. The molecule has 74 valence electrons. The summed E-state index contributed by atoms with van der Waals surface area (Å²) in [7, 11) is 1.59. The van der Waals surface area contributed by atoms with Gasteiger partial charge in [-0.15, -0.1) is 0 Å². The highest BCUT2D eigenvalue weighted by atomic mass is 16.5. The van der Waals surface area contributed by atoms with E-state index in [0.717, 1.165) is 0 Å². The molecular weight excluding hydrogens is 162 g/mol. The zero-order valence-corrected chi connectivity index (χ0v) is 9.00. The van der Waals surface area contributed by atoms with E-state index >= 15 is 0 Å². The fraction of sp³-hybridized carbons (Fsp3) is 0.364. The van der Waals surface area contributed by atoms with Gasteiger partial charge in [0.15, 0.2) is 0 Å². The van der Waals surface area contributed by atoms with Gasteiger partial charge in [0, 0.05) is 0 Å². The molecule has 0 saturated carbocycles. The molecular formula is C11H19NO. The maximum Gasteiger partial charge on any atom is 0.140 e. The van der Waals surface area contributed by atoms with E-state index in [9.17, 15) is 0 Å². The van der Waals surface area contributed by atoms with Crippen LogP contribution in [0.2, 0.25) is 0 Å². The van der Waals surface area contributed by atoms with Gasteiger partial charge in [-0.05, 0) is 25.8 Å². The average Bonchev–Trinajstić information content (AvgIpc) is 2.21. The molecule has 0 radical (unpaired) electrons. The molecule has 0 aliphatic rings. The second-order valence-corrected chi connectivity index (χ2v) is 1.80. The fourth-order valence-corrected chi connectivity index (χ4v) is 0.695. The van der Waals surface area contributed by atoms with Crippen molar-refractivity contribution in [3.05, 3.63) is 36.3 Å². The number of rotatable bonds is 4. The van der Waals surface area contributed by atoms with Crippen molar-refractivity contribution in [2.24, 2.45) is 4.99 Å². The number of ether oxygens (including phenoxy) is 1. The molecule has 0 aliphatic carbocycles. The Labute approximate surface area is 81.3 Å². The Morgan fingerprint density at radius 1 is 1.38 bits per heavy atom. The van der Waals surface area contributed by atoms with E-state index in [-0.39, 0.29) is 0 Å². The molecule has 13 heavy (non-hydrogen) atoms. The highest BCUT2D eigenvalue weighted by Crippen LogP contribution is 2.10. The first-order valence-corrected chi connectivity index (χ1v) is 4.30. The van der Waals surface area contributed by atoms with Crippen LogP contribution in [0.1, 0.15) is 20.8 Å². The third kappa shape index (κ3) is 5.91. The largest absolute Gasteiger partial charge is 0.495 e. The van der Waals surface area contributed by atoms with Crippen molar-refractivity contribution in [3.63, 3.8) is 0 Å². The second-order valence-electron chi connectivity index (χ2n) is 1.80. The lowest BCUT2D eigenvalue weighted by Gasteiger charge is -2.03. The SMILES string of the molecule is C=C/C=C(N=C)\C(=C/C)OC.CC. The van der Waals surface area contributed by atoms with Crippen LogP contribution in [0.25, 0.3) is 0 Å². The van der Waals surface area contributed by atoms with Gasteiger partial charge >= 0.3 is 0 Å². The average molecular weight is 181 g/mol. The van der Waals surface area contributed by atoms with Gasteiger partial charge < -0.3 is 4.74 Å². The lowest BCUT2D eigenvalue weighted by atomic mass is 10.3. The molecule has 2 heteroatoms. The number of nitrogens with zero attached hydrogens (tertiary/aromatic N) is 1. The summed E-state index contributed by atoms with van der Waals surface area (Å²) in [5, 5.41) is 0. The summed E-state index contributed by atoms with van der Waals surface area (Å²) in [6.07, 6.45) is 5.21. The van der Waals surface area contributed by atoms with Crippen LogP contribution in [0.3, 0.4) is 0 Å². The van der Waals surface area contributed by atoms with Crippen LogP contribution in [0, 0.1) is 0 Å². The van der Waals surface area contributed by atoms with Crippen molar-refractivity contribution in [2.45, 2.75) is 20.8 Å². The normalized spacial score (nSPS) is 11.1. The molecule has 0 N–H and O–H groups in total. The Morgan fingerprint density at radius 3 is 2.15 bits per heavy atom. The lowest BCUT2D eigenvalue weighted by molar-refractivity contribution is 0.299. The summed E-state index contributed by atoms with van der Waals surface area (Å²) in [4.78, 5) is 3.77. The lowest BCUT2D eigenvalue weighted by Crippen LogP contribution is -1.88. The molecule has 0 atom stereocenters. The Balaban J connectivity index is 0. The third-order valence-electron chi connectivity index (χ3n) is 1.18. The van der Waals surface area contributed by atoms with E-state index in [4.69, 9.17) is 4.74 Å². The topological polar surface area (TPSA) is 21.6 Å². The van der Waals surface area contributed by atoms with E-state index in [0.29, 0.717) is 11.5 Å². The van der Waals surface area contributed by atoms with Crippen molar-refractivity contribution >= 4 is 6.72 Å². The molecule has 2 nitrogen and oxygen atoms in total. The van der Waals surface area contributed by atoms with Crippen molar-refractivity contribution in [2.75, 3.05) is 7.11 Å². The van der Waals surface area contributed by atoms with Gasteiger partial charge in [-0.3, -0.25) is 4.99 Å². The van der Waals surface area contributed by atoms with Crippen LogP contribution < -0.4 is 0 Å². The van der Waals surface area contributed by atoms with Gasteiger partial charge in [-0.25, -0.2) is 0 Å². The standard InChI is InChI=1S/C9H13NO.C2H6/c1-5-7-8(10-3)9(6-2)11-4;1-2/h5-7H,1,3H2,2,4H3;1-2H3/b8-7+,9-6+;. The predicted molar refractivity (Wildman–Crippen MR) is 59.9 cm³/mol. The van der Waals surface area contributed by atoms with E-state index < -0.39 is 0 Å². The number of hydrogen-bond donors (Lipinski definition) is 0. The van der Waals surface area contributed by atoms with E-state index in [1.165, 1.54) is 0 Å². The van der Waals surface area contributed by atoms with Crippen LogP contribution in [-0.4, -0.2) is 13.8 Å². The molecule has 0 fully saturated rings. The molecule has 0 spiro atoms. The van der Waals surface area contributed by atoms with Crippen LogP contribution in [-0.2, 0) is 4.74 Å². The minimum Gasteiger partial charge on any atom is -0.495 e. The molecule has 0 bridgehead atoms. The second kappa shape index (κ2) is 10.7. The fourth-order valence-electron chi connectivity index (χ4n) is 0.695. The molecule has 0 saturated heterocycles. The van der Waals surface area contributed by atoms with Crippen molar-refractivity contribution < 1.29 is 4.74 Å². The van der Waals surface area contributed by atoms with Gasteiger partial charge in [0.1, 0.15) is 11.5 Å². The zero-order valence-electron chi connectivity index (χ0n) is 9.00. The van der Waals surface area contributed by atoms with Crippen molar-refractivity contribution in [1.82, 2.24) is 0 Å². The highest BCUT2D eigenvalue weighted by Gasteiger charge is 1.98. The zero-order chi connectivity index (χ0) is 10.7. The maximum absolute atomic E-state index is 5.02. The van der Waals surface area contributed by atoms with Crippen LogP contribution in [0.5, 0.6) is 0 Å². The number of hydrogen-bond acceptors (Lipinski definition) is 2. The monoisotopic (exact) mass is 181 g/mol. The van der Waals surface area contributed by atoms with Gasteiger partial charge in [0.05, 0.1) is 7.11 Å². The summed E-state index contributed by atoms with van der Waals surface area (Å²) in [5.74, 6) is 0.708. The summed E-state index contributed by atoms with van der Waals surface area (Å²) < 4.78 is 5.02. The summed E-state index contributed by atoms with van der Waals surface area (Å²) in [6.45, 7) is 12.8. The van der Waals surface area contributed by atoms with E-state index in [2.05, 4.69) is 18.3 Å². The van der Waals surface area contributed by atoms with Gasteiger partial charge in [0.2, 0.25) is 0 Å². The molecule has 0 aromatic carbocycles. The highest BCUT2D eigenvalue weighted by molar-refractivity contribution is 5.37. The third-order valence-corrected chi connectivity index (χ3v) is 1.18. The minimum absolute atomic E-state index is 0.699. The molecule has 0 heterocycles. The van der Waals surface area contributed by atoms with Crippen molar-refractivity contribution in [3.8, 4) is 0 Å². The van der Waals surface area contributed by atoms with Crippen molar-refractivity contribution in [1.29, 1.82) is 0 Å². The number of aliphatic imine (C=N–C) groups is 1. The number of allylic oxidation sites excluding steroid dienone is 3. The van der Waals surface area contributed by atoms with Gasteiger partial charge in [-0.1, -0.05) is 26.5 Å². The Hall–Kier alpha value is -1.31. The Morgan fingerprint density at radius 2 is 1.92 bits per heavy atom. The Bertz CT molecular complexity index is 202. The number of methoxy groups -OCH3 is 1. The summed E-state index contributed by atoms with van der Waals surface area (Å²) in [6, 6.07) is 0. The molecule has 0 aromatic rings. The quantitative estimate of drug-likeness (QED) is 0.370. The summed E-state index contributed by atoms with van der Waals surface area (Å²) in [5.41, 5.74) is 0.699. The van der Waals surface area contributed by atoms with Crippen LogP contribution in [0.4, 0.5) is 0 Å². The molecule has 0 aliphatic heterocycles. The first-order valence-electron chi connectivity index (χ1n) is 4.30. The molecule has 0 rings (SSSR count). The van der Waals surface area contributed by atoms with Crippen LogP contribution in [0.15, 0.2) is 41.3 Å².